The zero-order valence-electron chi connectivity index (χ0n) is 8.59. The van der Waals surface area contributed by atoms with Crippen LogP contribution in [0, 0.1) is 0 Å². The van der Waals surface area contributed by atoms with Crippen molar-refractivity contribution in [3.63, 3.8) is 0 Å². The first-order chi connectivity index (χ1) is 6.11. The standard InChI is InChI=1S/C9H18N2OS/c1-4-6-11(7-5-2)9(13)10-8(3)12/h4-7H2,1-3H3,(H,10,12,13). The van der Waals surface area contributed by atoms with Crippen LogP contribution in [0.15, 0.2) is 0 Å². The Kier molecular flexibility index (Phi) is 6.49. The predicted molar refractivity (Wildman–Crippen MR) is 58.6 cm³/mol. The molecule has 1 N–H and O–H groups in total. The maximum absolute atomic E-state index is 10.7. The number of amides is 1. The molecule has 0 aliphatic carbocycles. The first-order valence-corrected chi connectivity index (χ1v) is 5.09. The molecule has 0 saturated heterocycles. The van der Waals surface area contributed by atoms with E-state index in [4.69, 9.17) is 12.2 Å². The highest BCUT2D eigenvalue weighted by Crippen LogP contribution is 1.95. The number of rotatable bonds is 4. The maximum Gasteiger partial charge on any atom is 0.222 e. The molecule has 0 atom stereocenters. The van der Waals surface area contributed by atoms with Crippen LogP contribution in [-0.4, -0.2) is 29.0 Å². The normalized spacial score (nSPS) is 9.46. The Morgan fingerprint density at radius 3 is 2.08 bits per heavy atom. The van der Waals surface area contributed by atoms with Gasteiger partial charge in [-0.05, 0) is 25.1 Å². The second-order valence-corrected chi connectivity index (χ2v) is 3.36. The number of thiocarbonyl (C=S) groups is 1. The summed E-state index contributed by atoms with van der Waals surface area (Å²) in [6.07, 6.45) is 2.08. The molecule has 0 aromatic heterocycles. The molecule has 0 radical (unpaired) electrons. The van der Waals surface area contributed by atoms with E-state index in [1.165, 1.54) is 6.92 Å². The van der Waals surface area contributed by atoms with Crippen LogP contribution < -0.4 is 5.32 Å². The van der Waals surface area contributed by atoms with Crippen LogP contribution in [-0.2, 0) is 4.79 Å². The summed E-state index contributed by atoms with van der Waals surface area (Å²) >= 11 is 5.08. The van der Waals surface area contributed by atoms with E-state index in [0.717, 1.165) is 25.9 Å². The number of nitrogens with one attached hydrogen (secondary N) is 1. The van der Waals surface area contributed by atoms with Crippen molar-refractivity contribution < 1.29 is 4.79 Å². The molecule has 0 spiro atoms. The molecule has 13 heavy (non-hydrogen) atoms. The molecule has 0 fully saturated rings. The van der Waals surface area contributed by atoms with Gasteiger partial charge in [-0.3, -0.25) is 4.79 Å². The van der Waals surface area contributed by atoms with Crippen LogP contribution in [0.4, 0.5) is 0 Å². The van der Waals surface area contributed by atoms with Gasteiger partial charge in [0.15, 0.2) is 5.11 Å². The highest BCUT2D eigenvalue weighted by atomic mass is 32.1. The largest absolute Gasteiger partial charge is 0.349 e. The van der Waals surface area contributed by atoms with Crippen molar-refractivity contribution in [3.8, 4) is 0 Å². The van der Waals surface area contributed by atoms with Crippen molar-refractivity contribution in [1.82, 2.24) is 10.2 Å². The third kappa shape index (κ3) is 5.58. The fourth-order valence-electron chi connectivity index (χ4n) is 1.08. The topological polar surface area (TPSA) is 32.3 Å². The SMILES string of the molecule is CCCN(CCC)C(=S)NC(C)=O. The number of carbonyl (C=O) groups is 1. The van der Waals surface area contributed by atoms with Gasteiger partial charge in [-0.15, -0.1) is 0 Å². The first kappa shape index (κ1) is 12.4. The number of hydrogen-bond acceptors (Lipinski definition) is 2. The molecule has 0 rings (SSSR count). The lowest BCUT2D eigenvalue weighted by Crippen LogP contribution is -2.42. The molecule has 0 aromatic carbocycles. The van der Waals surface area contributed by atoms with Crippen LogP contribution >= 0.6 is 12.2 Å². The number of carbonyl (C=O) groups excluding carboxylic acids is 1. The molecular weight excluding hydrogens is 184 g/mol. The Morgan fingerprint density at radius 2 is 1.77 bits per heavy atom. The monoisotopic (exact) mass is 202 g/mol. The summed E-state index contributed by atoms with van der Waals surface area (Å²) in [5.41, 5.74) is 0. The van der Waals surface area contributed by atoms with Crippen LogP contribution in [0.5, 0.6) is 0 Å². The van der Waals surface area contributed by atoms with Gasteiger partial charge in [0.25, 0.3) is 0 Å². The van der Waals surface area contributed by atoms with Crippen molar-refractivity contribution in [2.45, 2.75) is 33.6 Å². The van der Waals surface area contributed by atoms with Crippen LogP contribution in [0.1, 0.15) is 33.6 Å². The van der Waals surface area contributed by atoms with Crippen LogP contribution in [0.25, 0.3) is 0 Å². The average molecular weight is 202 g/mol. The van der Waals surface area contributed by atoms with Gasteiger partial charge >= 0.3 is 0 Å². The van der Waals surface area contributed by atoms with Crippen molar-refractivity contribution in [3.05, 3.63) is 0 Å². The van der Waals surface area contributed by atoms with E-state index in [1.54, 1.807) is 0 Å². The molecule has 0 saturated carbocycles. The van der Waals surface area contributed by atoms with E-state index in [-0.39, 0.29) is 5.91 Å². The summed E-state index contributed by atoms with van der Waals surface area (Å²) in [6.45, 7) is 7.49. The maximum atomic E-state index is 10.7. The zero-order valence-corrected chi connectivity index (χ0v) is 9.41. The van der Waals surface area contributed by atoms with E-state index < -0.39 is 0 Å². The minimum atomic E-state index is -0.0952. The smallest absolute Gasteiger partial charge is 0.222 e. The summed E-state index contributed by atoms with van der Waals surface area (Å²) in [6, 6.07) is 0. The molecule has 0 bridgehead atoms. The second-order valence-electron chi connectivity index (χ2n) is 2.97. The highest BCUT2D eigenvalue weighted by Gasteiger charge is 2.07. The van der Waals surface area contributed by atoms with E-state index in [0.29, 0.717) is 5.11 Å². The Balaban J connectivity index is 4.02. The third-order valence-electron chi connectivity index (χ3n) is 1.56. The second kappa shape index (κ2) is 6.83. The summed E-state index contributed by atoms with van der Waals surface area (Å²) in [5, 5.41) is 3.18. The van der Waals surface area contributed by atoms with Gasteiger partial charge in [-0.1, -0.05) is 13.8 Å². The van der Waals surface area contributed by atoms with Gasteiger partial charge in [0, 0.05) is 20.0 Å². The quantitative estimate of drug-likeness (QED) is 0.702. The first-order valence-electron chi connectivity index (χ1n) is 4.68. The molecule has 4 heteroatoms. The van der Waals surface area contributed by atoms with E-state index in [9.17, 15) is 4.79 Å². The van der Waals surface area contributed by atoms with Gasteiger partial charge in [0.05, 0.1) is 0 Å². The Bertz CT molecular complexity index is 176. The summed E-state index contributed by atoms with van der Waals surface area (Å²) in [5.74, 6) is -0.0952. The Labute approximate surface area is 85.5 Å². The lowest BCUT2D eigenvalue weighted by atomic mass is 10.4. The molecule has 0 heterocycles. The minimum Gasteiger partial charge on any atom is -0.349 e. The molecule has 0 aliphatic rings. The Hall–Kier alpha value is -0.640. The fraction of sp³-hybridized carbons (Fsp3) is 0.778. The van der Waals surface area contributed by atoms with Crippen molar-refractivity contribution in [2.75, 3.05) is 13.1 Å². The lowest BCUT2D eigenvalue weighted by Gasteiger charge is -2.23. The van der Waals surface area contributed by atoms with Gasteiger partial charge in [-0.25, -0.2) is 0 Å². The zero-order chi connectivity index (χ0) is 10.3. The lowest BCUT2D eigenvalue weighted by molar-refractivity contribution is -0.117. The van der Waals surface area contributed by atoms with E-state index in [2.05, 4.69) is 19.2 Å². The number of hydrogen-bond donors (Lipinski definition) is 1. The fourth-order valence-corrected chi connectivity index (χ4v) is 1.41. The number of nitrogens with zero attached hydrogens (tertiary/aromatic N) is 1. The van der Waals surface area contributed by atoms with Gasteiger partial charge < -0.3 is 10.2 Å². The van der Waals surface area contributed by atoms with Crippen LogP contribution in [0.2, 0.25) is 0 Å². The molecule has 0 aliphatic heterocycles. The summed E-state index contributed by atoms with van der Waals surface area (Å²) < 4.78 is 0. The molecule has 0 aromatic rings. The van der Waals surface area contributed by atoms with E-state index in [1.807, 2.05) is 4.90 Å². The van der Waals surface area contributed by atoms with Gasteiger partial charge in [-0.2, -0.15) is 0 Å². The van der Waals surface area contributed by atoms with Crippen molar-refractivity contribution in [2.24, 2.45) is 0 Å². The third-order valence-corrected chi connectivity index (χ3v) is 1.92. The van der Waals surface area contributed by atoms with Gasteiger partial charge in [0.2, 0.25) is 5.91 Å². The van der Waals surface area contributed by atoms with E-state index >= 15 is 0 Å². The highest BCUT2D eigenvalue weighted by molar-refractivity contribution is 7.80. The van der Waals surface area contributed by atoms with Crippen molar-refractivity contribution in [1.29, 1.82) is 0 Å². The Morgan fingerprint density at radius 1 is 1.31 bits per heavy atom. The molecule has 0 unspecified atom stereocenters. The summed E-state index contributed by atoms with van der Waals surface area (Å²) in [4.78, 5) is 12.8. The predicted octanol–water partition coefficient (Wildman–Crippen LogP) is 1.53. The molecule has 1 amide bonds. The molecule has 76 valence electrons. The van der Waals surface area contributed by atoms with Crippen molar-refractivity contribution >= 4 is 23.2 Å². The molecule has 3 nitrogen and oxygen atoms in total. The summed E-state index contributed by atoms with van der Waals surface area (Å²) in [7, 11) is 0. The minimum absolute atomic E-state index is 0.0952. The average Bonchev–Trinajstić information content (AvgIpc) is 2.02. The van der Waals surface area contributed by atoms with Crippen LogP contribution in [0.3, 0.4) is 0 Å². The molecular formula is C9H18N2OS. The van der Waals surface area contributed by atoms with Gasteiger partial charge in [0.1, 0.15) is 0 Å².